The van der Waals surface area contributed by atoms with E-state index in [4.69, 9.17) is 18.9 Å². The molecule has 0 spiro atoms. The Bertz CT molecular complexity index is 365. The fraction of sp³-hybridized carbons (Fsp3) is 0.750. The van der Waals surface area contributed by atoms with Gasteiger partial charge in [-0.15, -0.1) is 0 Å². The summed E-state index contributed by atoms with van der Waals surface area (Å²) in [5.74, 6) is -1.49. The molecular formula is C12H18O7. The van der Waals surface area contributed by atoms with Crippen LogP contribution < -0.4 is 0 Å². The van der Waals surface area contributed by atoms with Gasteiger partial charge in [-0.2, -0.15) is 0 Å². The topological polar surface area (TPSA) is 88.1 Å². The summed E-state index contributed by atoms with van der Waals surface area (Å²) in [6.07, 6.45) is -2.65. The van der Waals surface area contributed by atoms with Crippen LogP contribution in [-0.2, 0) is 33.3 Å². The van der Waals surface area contributed by atoms with Gasteiger partial charge in [-0.3, -0.25) is 14.4 Å². The maximum atomic E-state index is 11.1. The van der Waals surface area contributed by atoms with Crippen molar-refractivity contribution in [2.24, 2.45) is 0 Å². The minimum atomic E-state index is -0.816. The lowest BCUT2D eigenvalue weighted by molar-refractivity contribution is -0.250. The van der Waals surface area contributed by atoms with E-state index in [1.54, 1.807) is 6.92 Å². The average Bonchev–Trinajstić information content (AvgIpc) is 2.21. The van der Waals surface area contributed by atoms with Crippen molar-refractivity contribution in [3.8, 4) is 0 Å². The van der Waals surface area contributed by atoms with Crippen LogP contribution in [0, 0.1) is 0 Å². The number of ether oxygens (including phenoxy) is 4. The van der Waals surface area contributed by atoms with Crippen LogP contribution in [0.15, 0.2) is 0 Å². The Labute approximate surface area is 111 Å². The maximum Gasteiger partial charge on any atom is 0.304 e. The largest absolute Gasteiger partial charge is 0.458 e. The van der Waals surface area contributed by atoms with Crippen LogP contribution in [0.5, 0.6) is 0 Å². The Morgan fingerprint density at radius 2 is 1.47 bits per heavy atom. The van der Waals surface area contributed by atoms with E-state index < -0.39 is 42.5 Å². The number of esters is 3. The molecule has 0 bridgehead atoms. The highest BCUT2D eigenvalue weighted by Crippen LogP contribution is 2.26. The molecule has 1 aliphatic heterocycles. The highest BCUT2D eigenvalue weighted by Gasteiger charge is 2.42. The minimum Gasteiger partial charge on any atom is -0.458 e. The summed E-state index contributed by atoms with van der Waals surface area (Å²) in [5, 5.41) is 0. The molecule has 19 heavy (non-hydrogen) atoms. The number of carbonyl (C=O) groups excluding carboxylic acids is 3. The molecule has 1 heterocycles. The highest BCUT2D eigenvalue weighted by molar-refractivity contribution is 5.67. The van der Waals surface area contributed by atoms with Gasteiger partial charge in [0.15, 0.2) is 6.10 Å². The van der Waals surface area contributed by atoms with E-state index in [0.29, 0.717) is 0 Å². The number of hydrogen-bond acceptors (Lipinski definition) is 7. The first-order chi connectivity index (χ1) is 8.79. The molecule has 1 rings (SSSR count). The van der Waals surface area contributed by atoms with Crippen molar-refractivity contribution in [2.45, 2.75) is 58.7 Å². The van der Waals surface area contributed by atoms with Gasteiger partial charge in [-0.05, 0) is 6.92 Å². The highest BCUT2D eigenvalue weighted by atomic mass is 16.7. The van der Waals surface area contributed by atoms with Gasteiger partial charge in [0.2, 0.25) is 6.29 Å². The van der Waals surface area contributed by atoms with Crippen molar-refractivity contribution in [3.63, 3.8) is 0 Å². The van der Waals surface area contributed by atoms with Gasteiger partial charge in [0.1, 0.15) is 6.10 Å². The summed E-state index contributed by atoms with van der Waals surface area (Å²) in [6, 6.07) is 0. The van der Waals surface area contributed by atoms with Crippen molar-refractivity contribution in [1.82, 2.24) is 0 Å². The van der Waals surface area contributed by atoms with Gasteiger partial charge in [0.05, 0.1) is 12.5 Å². The Morgan fingerprint density at radius 3 is 1.95 bits per heavy atom. The third kappa shape index (κ3) is 4.86. The van der Waals surface area contributed by atoms with Crippen LogP contribution in [0.25, 0.3) is 0 Å². The third-order valence-corrected chi connectivity index (χ3v) is 2.54. The Morgan fingerprint density at radius 1 is 0.947 bits per heavy atom. The molecule has 0 N–H and O–H groups in total. The van der Waals surface area contributed by atoms with Crippen LogP contribution in [-0.4, -0.2) is 42.5 Å². The molecule has 1 unspecified atom stereocenters. The van der Waals surface area contributed by atoms with Crippen molar-refractivity contribution in [2.75, 3.05) is 0 Å². The summed E-state index contributed by atoms with van der Waals surface area (Å²) in [6.45, 7) is 5.42. The molecule has 0 aromatic rings. The molecule has 0 amide bonds. The SMILES string of the molecule is CC(=O)OC1C[C@H](OC(C)=O)[C@H](OC(C)=O)[C@@H](C)O1. The van der Waals surface area contributed by atoms with Crippen LogP contribution >= 0.6 is 0 Å². The predicted molar refractivity (Wildman–Crippen MR) is 61.8 cm³/mol. The lowest BCUT2D eigenvalue weighted by atomic mass is 10.0. The van der Waals surface area contributed by atoms with Gasteiger partial charge >= 0.3 is 17.9 Å². The Kier molecular flexibility index (Phi) is 5.29. The molecule has 7 heteroatoms. The summed E-state index contributed by atoms with van der Waals surface area (Å²) in [5.41, 5.74) is 0. The summed E-state index contributed by atoms with van der Waals surface area (Å²) in [4.78, 5) is 33.0. The smallest absolute Gasteiger partial charge is 0.304 e. The van der Waals surface area contributed by atoms with E-state index in [-0.39, 0.29) is 6.42 Å². The third-order valence-electron chi connectivity index (χ3n) is 2.54. The van der Waals surface area contributed by atoms with Crippen molar-refractivity contribution >= 4 is 17.9 Å². The first-order valence-corrected chi connectivity index (χ1v) is 5.96. The molecule has 0 radical (unpaired) electrons. The van der Waals surface area contributed by atoms with Gasteiger partial charge in [0, 0.05) is 20.8 Å². The zero-order valence-corrected chi connectivity index (χ0v) is 11.4. The average molecular weight is 274 g/mol. The van der Waals surface area contributed by atoms with Crippen molar-refractivity contribution in [3.05, 3.63) is 0 Å². The minimum absolute atomic E-state index is 0.126. The molecule has 0 aromatic heterocycles. The zero-order chi connectivity index (χ0) is 14.6. The quantitative estimate of drug-likeness (QED) is 0.548. The second kappa shape index (κ2) is 6.51. The van der Waals surface area contributed by atoms with E-state index in [2.05, 4.69) is 0 Å². The van der Waals surface area contributed by atoms with E-state index in [1.165, 1.54) is 20.8 Å². The van der Waals surface area contributed by atoms with Crippen LogP contribution in [0.3, 0.4) is 0 Å². The van der Waals surface area contributed by atoms with Gasteiger partial charge in [-0.25, -0.2) is 0 Å². The lowest BCUT2D eigenvalue weighted by Gasteiger charge is -2.38. The monoisotopic (exact) mass is 274 g/mol. The Hall–Kier alpha value is -1.63. The molecule has 108 valence electrons. The van der Waals surface area contributed by atoms with Gasteiger partial charge in [-0.1, -0.05) is 0 Å². The summed E-state index contributed by atoms with van der Waals surface area (Å²) in [7, 11) is 0. The second-order valence-electron chi connectivity index (χ2n) is 4.34. The second-order valence-corrected chi connectivity index (χ2v) is 4.34. The number of carbonyl (C=O) groups is 3. The van der Waals surface area contributed by atoms with E-state index in [0.717, 1.165) is 0 Å². The van der Waals surface area contributed by atoms with E-state index >= 15 is 0 Å². The van der Waals surface area contributed by atoms with Crippen LogP contribution in [0.2, 0.25) is 0 Å². The van der Waals surface area contributed by atoms with Gasteiger partial charge in [0.25, 0.3) is 0 Å². The molecular weight excluding hydrogens is 256 g/mol. The molecule has 1 aliphatic rings. The van der Waals surface area contributed by atoms with Crippen molar-refractivity contribution in [1.29, 1.82) is 0 Å². The molecule has 0 saturated carbocycles. The first kappa shape index (κ1) is 15.4. The van der Waals surface area contributed by atoms with Crippen LogP contribution in [0.1, 0.15) is 34.1 Å². The molecule has 0 aliphatic carbocycles. The molecule has 1 saturated heterocycles. The van der Waals surface area contributed by atoms with Gasteiger partial charge < -0.3 is 18.9 Å². The molecule has 1 fully saturated rings. The zero-order valence-electron chi connectivity index (χ0n) is 11.4. The molecule has 7 nitrogen and oxygen atoms in total. The molecule has 0 aromatic carbocycles. The molecule has 4 atom stereocenters. The number of rotatable bonds is 3. The van der Waals surface area contributed by atoms with E-state index in [1.807, 2.05) is 0 Å². The normalized spacial score (nSPS) is 30.3. The first-order valence-electron chi connectivity index (χ1n) is 5.96. The standard InChI is InChI=1S/C12H18O7/c1-6-12(19-9(4)15)10(17-7(2)13)5-11(16-6)18-8(3)14/h6,10-12H,5H2,1-4H3/t6-,10+,11?,12-/m1/s1. The maximum absolute atomic E-state index is 11.1. The summed E-state index contributed by atoms with van der Waals surface area (Å²) < 4.78 is 20.5. The van der Waals surface area contributed by atoms with E-state index in [9.17, 15) is 14.4 Å². The van der Waals surface area contributed by atoms with Crippen molar-refractivity contribution < 1.29 is 33.3 Å². The predicted octanol–water partition coefficient (Wildman–Crippen LogP) is 0.548. The number of hydrogen-bond donors (Lipinski definition) is 0. The fourth-order valence-corrected chi connectivity index (χ4v) is 1.95. The van der Waals surface area contributed by atoms with Crippen LogP contribution in [0.4, 0.5) is 0 Å². The summed E-state index contributed by atoms with van der Waals surface area (Å²) >= 11 is 0. The lowest BCUT2D eigenvalue weighted by Crippen LogP contribution is -2.51. The fourth-order valence-electron chi connectivity index (χ4n) is 1.95. The Balaban J connectivity index is 2.77.